The molecule has 0 fully saturated rings. The third-order valence-electron chi connectivity index (χ3n) is 2.59. The minimum Gasteiger partial charge on any atom is -0.481 e. The second-order valence-corrected chi connectivity index (χ2v) is 4.27. The largest absolute Gasteiger partial charge is 0.481 e. The highest BCUT2D eigenvalue weighted by atomic mass is 16.4. The van der Waals surface area contributed by atoms with Crippen LogP contribution in [0.15, 0.2) is 0 Å². The molecular weight excluding hydrogens is 234 g/mol. The topological polar surface area (TPSA) is 90.5 Å². The van der Waals surface area contributed by atoms with E-state index in [0.717, 1.165) is 19.5 Å². The van der Waals surface area contributed by atoms with Crippen LogP contribution >= 0.6 is 0 Å². The molecule has 106 valence electrons. The Bertz CT molecular complexity index is 247. The van der Waals surface area contributed by atoms with Crippen LogP contribution in [0.3, 0.4) is 0 Å². The zero-order valence-corrected chi connectivity index (χ0v) is 11.3. The predicted molar refractivity (Wildman–Crippen MR) is 70.6 cm³/mol. The molecule has 0 aliphatic carbocycles. The van der Waals surface area contributed by atoms with Crippen molar-refractivity contribution in [1.29, 1.82) is 0 Å². The Hall–Kier alpha value is -1.30. The number of carbonyl (C=O) groups excluding carboxylic acids is 1. The molecule has 0 bridgehead atoms. The maximum absolute atomic E-state index is 11.3. The van der Waals surface area contributed by atoms with Gasteiger partial charge < -0.3 is 21.1 Å². The molecule has 18 heavy (non-hydrogen) atoms. The Labute approximate surface area is 109 Å². The van der Waals surface area contributed by atoms with Gasteiger partial charge in [-0.1, -0.05) is 13.8 Å². The quantitative estimate of drug-likeness (QED) is 0.437. The molecule has 6 nitrogen and oxygen atoms in total. The first kappa shape index (κ1) is 16.7. The lowest BCUT2D eigenvalue weighted by Gasteiger charge is -2.09. The van der Waals surface area contributed by atoms with Crippen LogP contribution in [-0.2, 0) is 4.79 Å². The average molecular weight is 259 g/mol. The Morgan fingerprint density at radius 3 is 2.28 bits per heavy atom. The Kier molecular flexibility index (Phi) is 10.0. The highest BCUT2D eigenvalue weighted by Crippen LogP contribution is 2.03. The fourth-order valence-electron chi connectivity index (χ4n) is 1.39. The van der Waals surface area contributed by atoms with Crippen LogP contribution < -0.4 is 16.0 Å². The number of nitrogens with one attached hydrogen (secondary N) is 3. The van der Waals surface area contributed by atoms with E-state index in [2.05, 4.69) is 16.0 Å². The van der Waals surface area contributed by atoms with Crippen LogP contribution in [0.25, 0.3) is 0 Å². The summed E-state index contributed by atoms with van der Waals surface area (Å²) in [6.07, 6.45) is 2.16. The van der Waals surface area contributed by atoms with Gasteiger partial charge in [-0.2, -0.15) is 0 Å². The summed E-state index contributed by atoms with van der Waals surface area (Å²) in [5.74, 6) is -1.14. The fraction of sp³-hybridized carbons (Fsp3) is 0.833. The number of amides is 2. The maximum Gasteiger partial charge on any atom is 0.314 e. The molecule has 2 amide bonds. The van der Waals surface area contributed by atoms with Crippen LogP contribution in [0.4, 0.5) is 4.79 Å². The monoisotopic (exact) mass is 259 g/mol. The maximum atomic E-state index is 11.3. The number of rotatable bonds is 10. The van der Waals surface area contributed by atoms with E-state index in [1.54, 1.807) is 6.92 Å². The average Bonchev–Trinajstić information content (AvgIpc) is 2.34. The van der Waals surface area contributed by atoms with Crippen molar-refractivity contribution in [2.45, 2.75) is 33.1 Å². The number of hydrogen-bond donors (Lipinski definition) is 4. The third kappa shape index (κ3) is 9.89. The second kappa shape index (κ2) is 10.8. The first-order valence-corrected chi connectivity index (χ1v) is 6.53. The molecule has 4 N–H and O–H groups in total. The van der Waals surface area contributed by atoms with Gasteiger partial charge in [-0.15, -0.1) is 0 Å². The van der Waals surface area contributed by atoms with E-state index < -0.39 is 5.97 Å². The van der Waals surface area contributed by atoms with Crippen LogP contribution in [-0.4, -0.2) is 43.3 Å². The molecule has 0 saturated heterocycles. The van der Waals surface area contributed by atoms with Crippen molar-refractivity contribution < 1.29 is 14.7 Å². The first-order chi connectivity index (χ1) is 8.57. The highest BCUT2D eigenvalue weighted by molar-refractivity contribution is 5.73. The van der Waals surface area contributed by atoms with Gasteiger partial charge in [-0.05, 0) is 32.4 Å². The van der Waals surface area contributed by atoms with Crippen molar-refractivity contribution in [2.75, 3.05) is 26.2 Å². The third-order valence-corrected chi connectivity index (χ3v) is 2.59. The lowest BCUT2D eigenvalue weighted by Crippen LogP contribution is -2.37. The molecule has 0 heterocycles. The van der Waals surface area contributed by atoms with Gasteiger partial charge in [0.25, 0.3) is 0 Å². The fourth-order valence-corrected chi connectivity index (χ4v) is 1.39. The predicted octanol–water partition coefficient (Wildman–Crippen LogP) is 0.786. The van der Waals surface area contributed by atoms with E-state index in [-0.39, 0.29) is 11.9 Å². The summed E-state index contributed by atoms with van der Waals surface area (Å²) >= 11 is 0. The Morgan fingerprint density at radius 1 is 1.11 bits per heavy atom. The summed E-state index contributed by atoms with van der Waals surface area (Å²) < 4.78 is 0. The zero-order valence-electron chi connectivity index (χ0n) is 11.3. The van der Waals surface area contributed by atoms with Gasteiger partial charge in [0.05, 0.1) is 5.92 Å². The summed E-state index contributed by atoms with van der Waals surface area (Å²) in [7, 11) is 0. The van der Waals surface area contributed by atoms with Crippen LogP contribution in [0.2, 0.25) is 0 Å². The number of carbonyl (C=O) groups is 2. The smallest absolute Gasteiger partial charge is 0.314 e. The van der Waals surface area contributed by atoms with Gasteiger partial charge in [-0.25, -0.2) is 4.79 Å². The molecule has 0 rings (SSSR count). The summed E-state index contributed by atoms with van der Waals surface area (Å²) in [5, 5.41) is 17.3. The molecule has 0 spiro atoms. The van der Waals surface area contributed by atoms with Crippen LogP contribution in [0.1, 0.15) is 33.1 Å². The lowest BCUT2D eigenvalue weighted by molar-refractivity contribution is -0.141. The number of aliphatic carboxylic acids is 1. The van der Waals surface area contributed by atoms with E-state index >= 15 is 0 Å². The van der Waals surface area contributed by atoms with Gasteiger partial charge in [0.15, 0.2) is 0 Å². The van der Waals surface area contributed by atoms with Crippen molar-refractivity contribution >= 4 is 12.0 Å². The van der Waals surface area contributed by atoms with Crippen LogP contribution in [0.5, 0.6) is 0 Å². The number of carboxylic acid groups (broad SMARTS) is 1. The summed E-state index contributed by atoms with van der Waals surface area (Å²) in [4.78, 5) is 21.8. The molecule has 0 aliphatic heterocycles. The summed E-state index contributed by atoms with van der Waals surface area (Å²) in [6.45, 7) is 6.70. The molecular formula is C12H25N3O3. The highest BCUT2D eigenvalue weighted by Gasteiger charge is 2.09. The van der Waals surface area contributed by atoms with Crippen LogP contribution in [0, 0.1) is 5.92 Å². The normalized spacial score (nSPS) is 11.9. The summed E-state index contributed by atoms with van der Waals surface area (Å²) in [6, 6.07) is -0.186. The van der Waals surface area contributed by atoms with E-state index in [1.807, 2.05) is 6.92 Å². The number of urea groups is 1. The van der Waals surface area contributed by atoms with Gasteiger partial charge in [0, 0.05) is 13.1 Å². The minimum absolute atomic E-state index is 0.186. The minimum atomic E-state index is -0.789. The molecule has 0 aliphatic rings. The van der Waals surface area contributed by atoms with Gasteiger partial charge in [-0.3, -0.25) is 4.79 Å². The van der Waals surface area contributed by atoms with E-state index in [1.165, 1.54) is 0 Å². The lowest BCUT2D eigenvalue weighted by atomic mass is 10.1. The molecule has 0 aromatic rings. The van der Waals surface area contributed by atoms with Gasteiger partial charge >= 0.3 is 12.0 Å². The molecule has 0 aromatic heterocycles. The molecule has 1 atom stereocenters. The molecule has 1 unspecified atom stereocenters. The molecule has 0 radical (unpaired) electrons. The van der Waals surface area contributed by atoms with Crippen molar-refractivity contribution in [3.8, 4) is 0 Å². The SMILES string of the molecule is CCNCCCNC(=O)NCCCC(C)C(=O)O. The van der Waals surface area contributed by atoms with Gasteiger partial charge in [0.1, 0.15) is 0 Å². The first-order valence-electron chi connectivity index (χ1n) is 6.53. The number of hydrogen-bond acceptors (Lipinski definition) is 3. The number of carboxylic acids is 1. The molecule has 6 heteroatoms. The Balaban J connectivity index is 3.34. The van der Waals surface area contributed by atoms with E-state index in [9.17, 15) is 9.59 Å². The second-order valence-electron chi connectivity index (χ2n) is 4.27. The standard InChI is InChI=1S/C12H25N3O3/c1-3-13-7-5-9-15-12(18)14-8-4-6-10(2)11(16)17/h10,13H,3-9H2,1-2H3,(H,16,17)(H2,14,15,18). The Morgan fingerprint density at radius 2 is 1.72 bits per heavy atom. The summed E-state index contributed by atoms with van der Waals surface area (Å²) in [5.41, 5.74) is 0. The van der Waals surface area contributed by atoms with Crippen molar-refractivity contribution in [1.82, 2.24) is 16.0 Å². The van der Waals surface area contributed by atoms with E-state index in [4.69, 9.17) is 5.11 Å². The molecule has 0 saturated carbocycles. The molecule has 0 aromatic carbocycles. The van der Waals surface area contributed by atoms with Crippen molar-refractivity contribution in [3.05, 3.63) is 0 Å². The van der Waals surface area contributed by atoms with Crippen molar-refractivity contribution in [3.63, 3.8) is 0 Å². The zero-order chi connectivity index (χ0) is 13.8. The van der Waals surface area contributed by atoms with E-state index in [0.29, 0.717) is 25.9 Å². The van der Waals surface area contributed by atoms with Gasteiger partial charge in [0.2, 0.25) is 0 Å². The van der Waals surface area contributed by atoms with Crippen molar-refractivity contribution in [2.24, 2.45) is 5.92 Å².